The van der Waals surface area contributed by atoms with E-state index in [0.717, 1.165) is 0 Å². The number of pyridine rings is 1. The Kier molecular flexibility index (Phi) is 3.48. The standard InChI is InChI=1S/C7H9BN2O5/c1-14-7(11)4-2-5(15-8(12)13)6(9)10-3-4/h2-3,12-13H,1H3,(H2,9,10). The molecule has 0 atom stereocenters. The topological polar surface area (TPSA) is 115 Å². The Labute approximate surface area is 85.6 Å². The highest BCUT2D eigenvalue weighted by Crippen LogP contribution is 2.20. The van der Waals surface area contributed by atoms with Gasteiger partial charge in [-0.3, -0.25) is 0 Å². The number of hydrogen-bond acceptors (Lipinski definition) is 7. The molecule has 1 heterocycles. The minimum Gasteiger partial charge on any atom is -0.509 e. The van der Waals surface area contributed by atoms with Crippen molar-refractivity contribution in [3.05, 3.63) is 17.8 Å². The van der Waals surface area contributed by atoms with E-state index < -0.39 is 13.3 Å². The number of ether oxygens (including phenoxy) is 1. The number of aromatic nitrogens is 1. The highest BCUT2D eigenvalue weighted by molar-refractivity contribution is 6.33. The zero-order chi connectivity index (χ0) is 11.4. The normalized spacial score (nSPS) is 9.53. The predicted molar refractivity (Wildman–Crippen MR) is 50.8 cm³/mol. The number of esters is 1. The Bertz CT molecular complexity index is 370. The van der Waals surface area contributed by atoms with E-state index >= 15 is 0 Å². The van der Waals surface area contributed by atoms with Gasteiger partial charge in [-0.15, -0.1) is 0 Å². The number of carbonyl (C=O) groups excluding carboxylic acids is 1. The average molecular weight is 212 g/mol. The lowest BCUT2D eigenvalue weighted by Crippen LogP contribution is -2.21. The van der Waals surface area contributed by atoms with Crippen molar-refractivity contribution in [3.63, 3.8) is 0 Å². The van der Waals surface area contributed by atoms with Crippen LogP contribution in [0.1, 0.15) is 10.4 Å². The molecule has 0 radical (unpaired) electrons. The molecule has 1 aromatic heterocycles. The maximum Gasteiger partial charge on any atom is 0.707 e. The molecule has 0 bridgehead atoms. The molecule has 0 aliphatic carbocycles. The van der Waals surface area contributed by atoms with Gasteiger partial charge < -0.3 is 25.2 Å². The second-order valence-electron chi connectivity index (χ2n) is 2.54. The molecule has 0 fully saturated rings. The number of nitrogen functional groups attached to an aromatic ring is 1. The van der Waals surface area contributed by atoms with E-state index in [1.807, 2.05) is 0 Å². The number of rotatable bonds is 3. The summed E-state index contributed by atoms with van der Waals surface area (Å²) in [5.74, 6) is -0.788. The number of nitrogens with two attached hydrogens (primary N) is 1. The van der Waals surface area contributed by atoms with E-state index in [1.54, 1.807) is 0 Å². The van der Waals surface area contributed by atoms with Crippen molar-refractivity contribution in [2.45, 2.75) is 0 Å². The summed E-state index contributed by atoms with van der Waals surface area (Å²) >= 11 is 0. The summed E-state index contributed by atoms with van der Waals surface area (Å²) in [7, 11) is -0.817. The van der Waals surface area contributed by atoms with E-state index in [9.17, 15) is 4.79 Å². The fourth-order valence-corrected chi connectivity index (χ4v) is 0.893. The van der Waals surface area contributed by atoms with Crippen LogP contribution in [0.5, 0.6) is 5.75 Å². The zero-order valence-electron chi connectivity index (χ0n) is 7.88. The van der Waals surface area contributed by atoms with Crippen molar-refractivity contribution in [1.29, 1.82) is 0 Å². The van der Waals surface area contributed by atoms with Crippen LogP contribution in [-0.2, 0) is 4.74 Å². The summed E-state index contributed by atoms with van der Waals surface area (Å²) in [5.41, 5.74) is 5.47. The van der Waals surface area contributed by atoms with Crippen LogP contribution < -0.4 is 10.4 Å². The first-order chi connectivity index (χ1) is 7.04. The molecule has 0 spiro atoms. The lowest BCUT2D eigenvalue weighted by atomic mass is 10.2. The van der Waals surface area contributed by atoms with Gasteiger partial charge in [0.1, 0.15) is 5.75 Å². The number of methoxy groups -OCH3 is 1. The number of hydrogen-bond donors (Lipinski definition) is 3. The molecular formula is C7H9BN2O5. The maximum atomic E-state index is 11.1. The van der Waals surface area contributed by atoms with Gasteiger partial charge in [-0.05, 0) is 6.07 Å². The van der Waals surface area contributed by atoms with Crippen LogP contribution in [0.15, 0.2) is 12.3 Å². The molecule has 0 amide bonds. The van der Waals surface area contributed by atoms with Gasteiger partial charge in [0.2, 0.25) is 0 Å². The Morgan fingerprint density at radius 1 is 1.60 bits per heavy atom. The quantitative estimate of drug-likeness (QED) is 0.425. The molecule has 0 saturated heterocycles. The van der Waals surface area contributed by atoms with Gasteiger partial charge in [0.15, 0.2) is 5.82 Å². The highest BCUT2D eigenvalue weighted by Gasteiger charge is 2.16. The molecule has 80 valence electrons. The fraction of sp³-hybridized carbons (Fsp3) is 0.143. The van der Waals surface area contributed by atoms with E-state index in [-0.39, 0.29) is 17.1 Å². The third-order valence-electron chi connectivity index (χ3n) is 1.54. The lowest BCUT2D eigenvalue weighted by Gasteiger charge is -2.08. The first-order valence-corrected chi connectivity index (χ1v) is 3.91. The number of carbonyl (C=O) groups is 1. The van der Waals surface area contributed by atoms with Crippen LogP contribution in [0.2, 0.25) is 0 Å². The van der Waals surface area contributed by atoms with E-state index in [4.69, 9.17) is 15.8 Å². The maximum absolute atomic E-state index is 11.1. The van der Waals surface area contributed by atoms with Crippen molar-refractivity contribution in [3.8, 4) is 5.75 Å². The van der Waals surface area contributed by atoms with Crippen molar-refractivity contribution in [1.82, 2.24) is 4.98 Å². The fourth-order valence-electron chi connectivity index (χ4n) is 0.893. The molecule has 0 saturated carbocycles. The average Bonchev–Trinajstić information content (AvgIpc) is 2.19. The Hall–Kier alpha value is -1.80. The second-order valence-corrected chi connectivity index (χ2v) is 2.54. The highest BCUT2D eigenvalue weighted by atomic mass is 16.6. The summed E-state index contributed by atoms with van der Waals surface area (Å²) in [6.07, 6.45) is 1.19. The van der Waals surface area contributed by atoms with Gasteiger partial charge in [0, 0.05) is 6.20 Å². The molecule has 0 unspecified atom stereocenters. The third-order valence-corrected chi connectivity index (χ3v) is 1.54. The van der Waals surface area contributed by atoms with Crippen molar-refractivity contribution in [2.24, 2.45) is 0 Å². The monoisotopic (exact) mass is 212 g/mol. The Morgan fingerprint density at radius 2 is 2.27 bits per heavy atom. The smallest absolute Gasteiger partial charge is 0.509 e. The van der Waals surface area contributed by atoms with E-state index in [0.29, 0.717) is 0 Å². The Morgan fingerprint density at radius 3 is 2.80 bits per heavy atom. The summed E-state index contributed by atoms with van der Waals surface area (Å²) < 4.78 is 8.93. The number of anilines is 1. The first kappa shape index (κ1) is 11.3. The predicted octanol–water partition coefficient (Wildman–Crippen LogP) is -1.20. The molecule has 4 N–H and O–H groups in total. The zero-order valence-corrected chi connectivity index (χ0v) is 7.88. The summed E-state index contributed by atoms with van der Waals surface area (Å²) in [6.45, 7) is 0. The minimum atomic E-state index is -2.03. The van der Waals surface area contributed by atoms with E-state index in [1.165, 1.54) is 19.4 Å². The molecule has 0 aliphatic heterocycles. The molecule has 7 nitrogen and oxygen atoms in total. The summed E-state index contributed by atoms with van der Waals surface area (Å²) in [6, 6.07) is 1.20. The molecule has 8 heteroatoms. The van der Waals surface area contributed by atoms with Crippen molar-refractivity contribution in [2.75, 3.05) is 12.8 Å². The van der Waals surface area contributed by atoms with Crippen LogP contribution in [0, 0.1) is 0 Å². The van der Waals surface area contributed by atoms with Gasteiger partial charge >= 0.3 is 13.3 Å². The molecule has 15 heavy (non-hydrogen) atoms. The molecular weight excluding hydrogens is 203 g/mol. The Balaban J connectivity index is 2.99. The van der Waals surface area contributed by atoms with Crippen molar-refractivity contribution >= 4 is 19.1 Å². The van der Waals surface area contributed by atoms with Gasteiger partial charge in [-0.2, -0.15) is 0 Å². The van der Waals surface area contributed by atoms with Gasteiger partial charge in [-0.1, -0.05) is 0 Å². The van der Waals surface area contributed by atoms with Crippen LogP contribution in [0.3, 0.4) is 0 Å². The van der Waals surface area contributed by atoms with Crippen LogP contribution >= 0.6 is 0 Å². The second kappa shape index (κ2) is 4.62. The molecule has 0 aromatic carbocycles. The SMILES string of the molecule is COC(=O)c1cnc(N)c(OB(O)O)c1. The van der Waals surface area contributed by atoms with Crippen LogP contribution in [0.25, 0.3) is 0 Å². The van der Waals surface area contributed by atoms with Crippen LogP contribution in [0.4, 0.5) is 5.82 Å². The molecule has 0 aliphatic rings. The van der Waals surface area contributed by atoms with Gasteiger partial charge in [-0.25, -0.2) is 9.78 Å². The minimum absolute atomic E-state index is 0.0595. The first-order valence-electron chi connectivity index (χ1n) is 3.91. The van der Waals surface area contributed by atoms with Gasteiger partial charge in [0.25, 0.3) is 0 Å². The van der Waals surface area contributed by atoms with E-state index in [2.05, 4.69) is 14.4 Å². The summed E-state index contributed by atoms with van der Waals surface area (Å²) in [5, 5.41) is 17.1. The number of nitrogens with zero attached hydrogens (tertiary/aromatic N) is 1. The lowest BCUT2D eigenvalue weighted by molar-refractivity contribution is 0.0600. The molecule has 1 aromatic rings. The van der Waals surface area contributed by atoms with Gasteiger partial charge in [0.05, 0.1) is 12.7 Å². The third kappa shape index (κ3) is 2.83. The summed E-state index contributed by atoms with van der Waals surface area (Å²) in [4.78, 5) is 14.7. The largest absolute Gasteiger partial charge is 0.707 e. The van der Waals surface area contributed by atoms with Crippen molar-refractivity contribution < 1.29 is 24.2 Å². The molecule has 1 rings (SSSR count). The van der Waals surface area contributed by atoms with Crippen LogP contribution in [-0.4, -0.2) is 35.4 Å².